The third-order valence-electron chi connectivity index (χ3n) is 5.66. The summed E-state index contributed by atoms with van der Waals surface area (Å²) < 4.78 is 68.6. The second-order valence-electron chi connectivity index (χ2n) is 8.37. The average molecular weight is 496 g/mol. The molecule has 1 aliphatic heterocycles. The fourth-order valence-corrected chi connectivity index (χ4v) is 4.05. The smallest absolute Gasteiger partial charge is 0.352 e. The van der Waals surface area contributed by atoms with Gasteiger partial charge in [0.15, 0.2) is 5.69 Å². The zero-order valence-corrected chi connectivity index (χ0v) is 18.7. The molecule has 0 radical (unpaired) electrons. The first-order chi connectivity index (χ1) is 16.4. The lowest BCUT2D eigenvalue weighted by Crippen LogP contribution is -2.57. The van der Waals surface area contributed by atoms with E-state index in [2.05, 4.69) is 30.4 Å². The minimum Gasteiger partial charge on any atom is -0.352 e. The fourth-order valence-electron chi connectivity index (χ4n) is 4.05. The van der Waals surface area contributed by atoms with Crippen LogP contribution in [0.5, 0.6) is 0 Å². The summed E-state index contributed by atoms with van der Waals surface area (Å²) in [5.41, 5.74) is -0.385. The third kappa shape index (κ3) is 5.35. The number of nitrogens with zero attached hydrogens (tertiary/aromatic N) is 7. The van der Waals surface area contributed by atoms with Crippen LogP contribution in [0.1, 0.15) is 29.4 Å². The van der Waals surface area contributed by atoms with Crippen molar-refractivity contribution in [1.29, 1.82) is 0 Å². The Kier molecular flexibility index (Phi) is 6.38. The predicted octanol–water partition coefficient (Wildman–Crippen LogP) is 3.28. The van der Waals surface area contributed by atoms with Gasteiger partial charge in [-0.3, -0.25) is 19.4 Å². The summed E-state index contributed by atoms with van der Waals surface area (Å²) in [4.78, 5) is 30.0. The number of rotatable bonds is 5. The van der Waals surface area contributed by atoms with Crippen LogP contribution in [0, 0.1) is 5.92 Å². The van der Waals surface area contributed by atoms with Crippen LogP contribution in [0.2, 0.25) is 0 Å². The summed E-state index contributed by atoms with van der Waals surface area (Å²) in [6.07, 6.45) is 2.07. The molecule has 1 amide bonds. The lowest BCUT2D eigenvalue weighted by Gasteiger charge is -2.43. The number of likely N-dealkylation sites (tertiary alicyclic amines) is 1. The molecule has 3 aromatic rings. The molecular formula is C21H21F5N8O. The summed E-state index contributed by atoms with van der Waals surface area (Å²) in [5.74, 6) is -4.61. The number of hydrogen-bond acceptors (Lipinski definition) is 7. The van der Waals surface area contributed by atoms with E-state index < -0.39 is 48.5 Å². The zero-order valence-electron chi connectivity index (χ0n) is 18.7. The van der Waals surface area contributed by atoms with Gasteiger partial charge in [0.2, 0.25) is 5.95 Å². The van der Waals surface area contributed by atoms with E-state index in [1.807, 2.05) is 0 Å². The number of carbonyl (C=O) groups excluding carboxylic acids is 1. The molecule has 0 aromatic carbocycles. The highest BCUT2D eigenvalue weighted by atomic mass is 19.4. The molecule has 1 fully saturated rings. The zero-order chi connectivity index (χ0) is 25.4. The lowest BCUT2D eigenvalue weighted by atomic mass is 9.88. The van der Waals surface area contributed by atoms with Crippen LogP contribution >= 0.6 is 0 Å². The predicted molar refractivity (Wildman–Crippen MR) is 113 cm³/mol. The second kappa shape index (κ2) is 9.15. The van der Waals surface area contributed by atoms with Crippen molar-refractivity contribution in [2.75, 3.05) is 18.4 Å². The maximum absolute atomic E-state index is 14.5. The van der Waals surface area contributed by atoms with Gasteiger partial charge in [0.25, 0.3) is 11.8 Å². The summed E-state index contributed by atoms with van der Waals surface area (Å²) in [7, 11) is 1.59. The first-order valence-corrected chi connectivity index (χ1v) is 10.6. The van der Waals surface area contributed by atoms with Gasteiger partial charge in [-0.05, 0) is 5.92 Å². The van der Waals surface area contributed by atoms with E-state index in [1.165, 1.54) is 23.3 Å². The molecule has 35 heavy (non-hydrogen) atoms. The molecule has 2 atom stereocenters. The van der Waals surface area contributed by atoms with Crippen LogP contribution < -0.4 is 5.32 Å². The van der Waals surface area contributed by atoms with Gasteiger partial charge < -0.3 is 10.2 Å². The maximum atomic E-state index is 14.5. The van der Waals surface area contributed by atoms with E-state index in [4.69, 9.17) is 0 Å². The van der Waals surface area contributed by atoms with Crippen LogP contribution in [0.3, 0.4) is 0 Å². The van der Waals surface area contributed by atoms with Crippen LogP contribution in [-0.2, 0) is 13.2 Å². The first-order valence-electron chi connectivity index (χ1n) is 10.6. The molecule has 0 spiro atoms. The highest BCUT2D eigenvalue weighted by molar-refractivity contribution is 5.98. The first kappa shape index (κ1) is 24.4. The van der Waals surface area contributed by atoms with Gasteiger partial charge in [0.05, 0.1) is 35.6 Å². The molecule has 1 aliphatic rings. The number of aromatic nitrogens is 6. The van der Waals surface area contributed by atoms with Crippen molar-refractivity contribution in [1.82, 2.24) is 34.6 Å². The van der Waals surface area contributed by atoms with E-state index in [0.717, 1.165) is 4.90 Å². The molecule has 1 saturated heterocycles. The van der Waals surface area contributed by atoms with Crippen LogP contribution in [0.4, 0.5) is 27.9 Å². The Morgan fingerprint density at radius 3 is 2.51 bits per heavy atom. The number of amides is 1. The van der Waals surface area contributed by atoms with Crippen molar-refractivity contribution >= 4 is 11.9 Å². The molecule has 9 nitrogen and oxygen atoms in total. The van der Waals surface area contributed by atoms with E-state index in [9.17, 15) is 26.7 Å². The standard InChI is InChI=1S/C21H21F5N8O/c1-12-5-20(22,23)11-34(16(12)9-31-19-29-6-13(7-30-19)21(24,25)26)18(35)17-14(10-33(2)32-17)15-8-27-3-4-28-15/h3-4,6-8,10,12,16H,5,9,11H2,1-2H3,(H,29,30,31)/t12-,16?/m1/s1. The van der Waals surface area contributed by atoms with Gasteiger partial charge in [-0.15, -0.1) is 0 Å². The largest absolute Gasteiger partial charge is 0.419 e. The quantitative estimate of drug-likeness (QED) is 0.541. The van der Waals surface area contributed by atoms with Crippen molar-refractivity contribution in [2.24, 2.45) is 13.0 Å². The van der Waals surface area contributed by atoms with Crippen LogP contribution in [-0.4, -0.2) is 65.6 Å². The Labute approximate surface area is 196 Å². The summed E-state index contributed by atoms with van der Waals surface area (Å²) in [6.45, 7) is 0.684. The molecule has 4 rings (SSSR count). The Morgan fingerprint density at radius 2 is 1.89 bits per heavy atom. The Balaban J connectivity index is 1.60. The van der Waals surface area contributed by atoms with Crippen LogP contribution in [0.15, 0.2) is 37.2 Å². The number of carbonyl (C=O) groups is 1. The molecule has 1 N–H and O–H groups in total. The summed E-state index contributed by atoms with van der Waals surface area (Å²) in [6, 6.07) is -0.732. The van der Waals surface area contributed by atoms with Crippen molar-refractivity contribution in [3.8, 4) is 11.3 Å². The highest BCUT2D eigenvalue weighted by Crippen LogP contribution is 2.36. The van der Waals surface area contributed by atoms with E-state index >= 15 is 0 Å². The molecule has 0 aliphatic carbocycles. The van der Waals surface area contributed by atoms with Gasteiger partial charge in [0.1, 0.15) is 0 Å². The van der Waals surface area contributed by atoms with E-state index in [-0.39, 0.29) is 18.2 Å². The normalized spacial score (nSPS) is 20.0. The highest BCUT2D eigenvalue weighted by Gasteiger charge is 2.47. The maximum Gasteiger partial charge on any atom is 0.419 e. The average Bonchev–Trinajstić information content (AvgIpc) is 3.19. The fraction of sp³-hybridized carbons (Fsp3) is 0.429. The van der Waals surface area contributed by atoms with Crippen molar-refractivity contribution in [3.05, 3.63) is 48.4 Å². The number of alkyl halides is 5. The molecule has 4 heterocycles. The molecule has 1 unspecified atom stereocenters. The number of piperidine rings is 1. The number of hydrogen-bond donors (Lipinski definition) is 1. The van der Waals surface area contributed by atoms with E-state index in [0.29, 0.717) is 23.7 Å². The molecule has 14 heteroatoms. The Bertz CT molecular complexity index is 1180. The third-order valence-corrected chi connectivity index (χ3v) is 5.66. The molecule has 3 aromatic heterocycles. The van der Waals surface area contributed by atoms with Crippen molar-refractivity contribution < 1.29 is 26.7 Å². The number of aryl methyl sites for hydroxylation is 1. The van der Waals surface area contributed by atoms with Gasteiger partial charge >= 0.3 is 6.18 Å². The molecule has 0 bridgehead atoms. The van der Waals surface area contributed by atoms with Gasteiger partial charge in [-0.1, -0.05) is 6.92 Å². The van der Waals surface area contributed by atoms with Crippen LogP contribution in [0.25, 0.3) is 11.3 Å². The van der Waals surface area contributed by atoms with Crippen molar-refractivity contribution in [2.45, 2.75) is 31.5 Å². The number of anilines is 1. The molecule has 186 valence electrons. The van der Waals surface area contributed by atoms with Gasteiger partial charge in [0, 0.05) is 51.0 Å². The summed E-state index contributed by atoms with van der Waals surface area (Å²) in [5, 5.41) is 6.94. The topological polar surface area (TPSA) is 102 Å². The van der Waals surface area contributed by atoms with Gasteiger partial charge in [-0.25, -0.2) is 18.7 Å². The second-order valence-corrected chi connectivity index (χ2v) is 8.37. The SMILES string of the molecule is C[C@@H]1CC(F)(F)CN(C(=O)c2nn(C)cc2-c2cnccn2)C1CNc1ncc(C(F)(F)F)cn1. The number of halogens is 5. The minimum atomic E-state index is -4.59. The van der Waals surface area contributed by atoms with E-state index in [1.54, 1.807) is 20.2 Å². The molecular weight excluding hydrogens is 475 g/mol. The number of nitrogens with one attached hydrogen (secondary N) is 1. The Hall–Kier alpha value is -3.71. The Morgan fingerprint density at radius 1 is 1.17 bits per heavy atom. The monoisotopic (exact) mass is 496 g/mol. The molecule has 0 saturated carbocycles. The van der Waals surface area contributed by atoms with Crippen molar-refractivity contribution in [3.63, 3.8) is 0 Å². The van der Waals surface area contributed by atoms with Gasteiger partial charge in [-0.2, -0.15) is 18.3 Å². The summed E-state index contributed by atoms with van der Waals surface area (Å²) >= 11 is 0. The minimum absolute atomic E-state index is 0.0539. The lowest BCUT2D eigenvalue weighted by molar-refractivity contribution is -0.138.